The van der Waals surface area contributed by atoms with Crippen molar-refractivity contribution in [2.24, 2.45) is 0 Å². The Bertz CT molecular complexity index is 2960. The zero-order chi connectivity index (χ0) is 36.6. The molecule has 0 fully saturated rings. The highest BCUT2D eigenvalue weighted by Gasteiger charge is 2.20. The van der Waals surface area contributed by atoms with Crippen LogP contribution in [0.15, 0.2) is 224 Å². The van der Waals surface area contributed by atoms with Crippen molar-refractivity contribution in [1.29, 1.82) is 0 Å². The number of nitrogens with zero attached hydrogens (tertiary/aromatic N) is 1. The van der Waals surface area contributed by atoms with Gasteiger partial charge in [-0.25, -0.2) is 0 Å². The summed E-state index contributed by atoms with van der Waals surface area (Å²) < 4.78 is 0. The smallest absolute Gasteiger partial charge is 0.0546 e. The van der Waals surface area contributed by atoms with Crippen molar-refractivity contribution in [2.75, 3.05) is 4.90 Å². The van der Waals surface area contributed by atoms with E-state index in [2.05, 4.69) is 229 Å². The first-order chi connectivity index (χ1) is 27.3. The lowest BCUT2D eigenvalue weighted by Gasteiger charge is -2.29. The molecular formula is C54H37N. The van der Waals surface area contributed by atoms with Crippen LogP contribution in [0.5, 0.6) is 0 Å². The zero-order valence-corrected chi connectivity index (χ0v) is 30.3. The van der Waals surface area contributed by atoms with E-state index in [1.54, 1.807) is 0 Å². The highest BCUT2D eigenvalue weighted by Crippen LogP contribution is 2.45. The van der Waals surface area contributed by atoms with Crippen molar-refractivity contribution in [2.45, 2.75) is 0 Å². The summed E-state index contributed by atoms with van der Waals surface area (Å²) in [5, 5.41) is 7.54. The van der Waals surface area contributed by atoms with Gasteiger partial charge in [0.05, 0.1) is 5.69 Å². The third-order valence-corrected chi connectivity index (χ3v) is 10.8. The molecule has 0 spiro atoms. The van der Waals surface area contributed by atoms with Gasteiger partial charge in [0.1, 0.15) is 0 Å². The van der Waals surface area contributed by atoms with Crippen molar-refractivity contribution >= 4 is 49.4 Å². The molecule has 0 amide bonds. The predicted octanol–water partition coefficient (Wildman–Crippen LogP) is 15.3. The van der Waals surface area contributed by atoms with Gasteiger partial charge in [0.15, 0.2) is 0 Å². The van der Waals surface area contributed by atoms with Gasteiger partial charge in [0.25, 0.3) is 0 Å². The zero-order valence-electron chi connectivity index (χ0n) is 30.3. The van der Waals surface area contributed by atoms with Crippen LogP contribution in [0, 0.1) is 0 Å². The van der Waals surface area contributed by atoms with Crippen LogP contribution >= 0.6 is 0 Å². The maximum absolute atomic E-state index is 2.41. The lowest BCUT2D eigenvalue weighted by Crippen LogP contribution is -2.11. The van der Waals surface area contributed by atoms with Crippen LogP contribution in [-0.4, -0.2) is 0 Å². The Morgan fingerprint density at radius 2 is 0.782 bits per heavy atom. The van der Waals surface area contributed by atoms with Crippen molar-refractivity contribution in [1.82, 2.24) is 0 Å². The van der Waals surface area contributed by atoms with Gasteiger partial charge >= 0.3 is 0 Å². The molecule has 55 heavy (non-hydrogen) atoms. The Morgan fingerprint density at radius 1 is 0.236 bits per heavy atom. The lowest BCUT2D eigenvalue weighted by molar-refractivity contribution is 1.28. The SMILES string of the molecule is c1ccc(-c2ccc(-c3cc4ccccc4c4ccccc34)cc2N(c2ccccc2)c2ccc(-c3cccc(-c4ccc5ccccc5c4)c3)cc2)cc1. The average Bonchev–Trinajstić information content (AvgIpc) is 3.27. The minimum absolute atomic E-state index is 1.10. The lowest BCUT2D eigenvalue weighted by atomic mass is 9.91. The summed E-state index contributed by atoms with van der Waals surface area (Å²) in [6.07, 6.45) is 0. The molecule has 1 heteroatoms. The van der Waals surface area contributed by atoms with Crippen LogP contribution in [0.1, 0.15) is 0 Å². The largest absolute Gasteiger partial charge is 0.310 e. The van der Waals surface area contributed by atoms with E-state index in [9.17, 15) is 0 Å². The summed E-state index contributed by atoms with van der Waals surface area (Å²) in [5.74, 6) is 0. The molecule has 10 aromatic rings. The van der Waals surface area contributed by atoms with Gasteiger partial charge in [-0.3, -0.25) is 0 Å². The van der Waals surface area contributed by atoms with E-state index in [4.69, 9.17) is 0 Å². The highest BCUT2D eigenvalue weighted by molar-refractivity contribution is 6.14. The van der Waals surface area contributed by atoms with Gasteiger partial charge < -0.3 is 4.90 Å². The second kappa shape index (κ2) is 14.0. The average molecular weight is 700 g/mol. The van der Waals surface area contributed by atoms with Gasteiger partial charge in [-0.05, 0) is 120 Å². The minimum Gasteiger partial charge on any atom is -0.310 e. The van der Waals surface area contributed by atoms with Crippen LogP contribution in [0.2, 0.25) is 0 Å². The van der Waals surface area contributed by atoms with E-state index in [1.165, 1.54) is 76.8 Å². The maximum atomic E-state index is 2.41. The van der Waals surface area contributed by atoms with E-state index in [0.29, 0.717) is 0 Å². The standard InChI is InChI=1S/C54H37N/c1-3-15-40(16-4-1)50-33-30-46(53-36-45-18-9-10-23-49(45)51-24-11-12-25-52(51)53)37-54(50)55(47-21-5-2-6-22-47)48-31-28-39(29-32-48)42-19-13-20-43(34-42)44-27-26-38-14-7-8-17-41(38)35-44/h1-37H. The summed E-state index contributed by atoms with van der Waals surface area (Å²) in [6, 6.07) is 81.5. The van der Waals surface area contributed by atoms with Crippen LogP contribution in [0.25, 0.3) is 76.8 Å². The first kappa shape index (κ1) is 32.4. The molecule has 0 bridgehead atoms. The Hall–Kier alpha value is -7.22. The molecule has 0 aliphatic heterocycles. The number of fused-ring (bicyclic) bond motifs is 4. The monoisotopic (exact) mass is 699 g/mol. The Labute approximate surface area is 322 Å². The summed E-state index contributed by atoms with van der Waals surface area (Å²) in [6.45, 7) is 0. The maximum Gasteiger partial charge on any atom is 0.0546 e. The molecule has 0 radical (unpaired) electrons. The molecular weight excluding hydrogens is 663 g/mol. The third-order valence-electron chi connectivity index (χ3n) is 10.8. The van der Waals surface area contributed by atoms with E-state index < -0.39 is 0 Å². The predicted molar refractivity (Wildman–Crippen MR) is 235 cm³/mol. The Morgan fingerprint density at radius 3 is 1.56 bits per heavy atom. The molecule has 0 aromatic heterocycles. The van der Waals surface area contributed by atoms with Crippen molar-refractivity contribution in [3.63, 3.8) is 0 Å². The molecule has 0 aliphatic rings. The number of hydrogen-bond donors (Lipinski definition) is 0. The van der Waals surface area contributed by atoms with E-state index >= 15 is 0 Å². The Balaban J connectivity index is 1.11. The molecule has 10 aromatic carbocycles. The molecule has 1 nitrogen and oxygen atoms in total. The van der Waals surface area contributed by atoms with Crippen molar-refractivity contribution in [3.8, 4) is 44.5 Å². The topological polar surface area (TPSA) is 3.24 Å². The fourth-order valence-electron chi connectivity index (χ4n) is 8.09. The molecule has 0 saturated carbocycles. The van der Waals surface area contributed by atoms with Crippen molar-refractivity contribution in [3.05, 3.63) is 224 Å². The first-order valence-electron chi connectivity index (χ1n) is 18.9. The van der Waals surface area contributed by atoms with Crippen molar-refractivity contribution < 1.29 is 0 Å². The summed E-state index contributed by atoms with van der Waals surface area (Å²) in [5.41, 5.74) is 12.9. The molecule has 10 rings (SSSR count). The number of hydrogen-bond acceptors (Lipinski definition) is 1. The number of anilines is 3. The molecule has 0 N–H and O–H groups in total. The molecule has 0 heterocycles. The number of benzene rings is 10. The van der Waals surface area contributed by atoms with Crippen LogP contribution < -0.4 is 4.90 Å². The van der Waals surface area contributed by atoms with E-state index in [0.717, 1.165) is 17.1 Å². The van der Waals surface area contributed by atoms with Gasteiger partial charge in [-0.1, -0.05) is 176 Å². The second-order valence-electron chi connectivity index (χ2n) is 14.1. The summed E-state index contributed by atoms with van der Waals surface area (Å²) >= 11 is 0. The third kappa shape index (κ3) is 6.12. The fourth-order valence-corrected chi connectivity index (χ4v) is 8.09. The van der Waals surface area contributed by atoms with Gasteiger partial charge in [-0.15, -0.1) is 0 Å². The minimum atomic E-state index is 1.10. The number of para-hydroxylation sites is 1. The molecule has 0 saturated heterocycles. The van der Waals surface area contributed by atoms with Crippen LogP contribution in [-0.2, 0) is 0 Å². The highest BCUT2D eigenvalue weighted by atomic mass is 15.1. The van der Waals surface area contributed by atoms with Crippen LogP contribution in [0.4, 0.5) is 17.1 Å². The molecule has 0 aliphatic carbocycles. The molecule has 0 unspecified atom stereocenters. The molecule has 0 atom stereocenters. The summed E-state index contributed by atoms with van der Waals surface area (Å²) in [7, 11) is 0. The normalized spacial score (nSPS) is 11.3. The van der Waals surface area contributed by atoms with E-state index in [-0.39, 0.29) is 0 Å². The van der Waals surface area contributed by atoms with E-state index in [1.807, 2.05) is 0 Å². The molecule has 258 valence electrons. The van der Waals surface area contributed by atoms with Gasteiger partial charge in [0.2, 0.25) is 0 Å². The Kier molecular flexibility index (Phi) is 8.24. The second-order valence-corrected chi connectivity index (χ2v) is 14.1. The summed E-state index contributed by atoms with van der Waals surface area (Å²) in [4.78, 5) is 2.41. The van der Waals surface area contributed by atoms with Gasteiger partial charge in [-0.2, -0.15) is 0 Å². The first-order valence-corrected chi connectivity index (χ1v) is 18.9. The van der Waals surface area contributed by atoms with Gasteiger partial charge in [0, 0.05) is 16.9 Å². The quantitative estimate of drug-likeness (QED) is 0.150. The van der Waals surface area contributed by atoms with Crippen LogP contribution in [0.3, 0.4) is 0 Å². The number of rotatable bonds is 7. The fraction of sp³-hybridized carbons (Fsp3) is 0.